The van der Waals surface area contributed by atoms with E-state index in [9.17, 15) is 10.1 Å². The highest BCUT2D eigenvalue weighted by Gasteiger charge is 2.24. The Balaban J connectivity index is 2.75. The fraction of sp³-hybridized carbons (Fsp3) is 0.333. The second-order valence-electron chi connectivity index (χ2n) is 5.83. The highest BCUT2D eigenvalue weighted by atomic mass is 16.5. The number of nitriles is 1. The summed E-state index contributed by atoms with van der Waals surface area (Å²) >= 11 is 0. The average molecular weight is 299 g/mol. The molecule has 2 aromatic rings. The lowest BCUT2D eigenvalue weighted by Crippen LogP contribution is -2.16. The molecule has 0 amide bonds. The Bertz CT molecular complexity index is 765. The predicted octanol–water partition coefficient (Wildman–Crippen LogP) is 2.01. The first kappa shape index (κ1) is 15.5. The van der Waals surface area contributed by atoms with Crippen molar-refractivity contribution in [1.82, 2.24) is 15.2 Å². The van der Waals surface area contributed by atoms with E-state index >= 15 is 0 Å². The summed E-state index contributed by atoms with van der Waals surface area (Å²) < 4.78 is 4.72. The normalized spacial score (nSPS) is 11.0. The van der Waals surface area contributed by atoms with E-state index in [0.717, 1.165) is 5.69 Å². The molecule has 0 saturated carbocycles. The molecule has 2 rings (SSSR count). The van der Waals surface area contributed by atoms with Crippen molar-refractivity contribution in [3.05, 3.63) is 29.2 Å². The van der Waals surface area contributed by atoms with Gasteiger partial charge < -0.3 is 10.5 Å². The van der Waals surface area contributed by atoms with Crippen LogP contribution in [-0.2, 0) is 10.2 Å². The monoisotopic (exact) mass is 299 g/mol. The smallest absolute Gasteiger partial charge is 0.356 e. The molecule has 0 saturated heterocycles. The van der Waals surface area contributed by atoms with E-state index in [-0.39, 0.29) is 22.5 Å². The number of esters is 1. The number of methoxy groups -OCH3 is 1. The number of anilines is 1. The van der Waals surface area contributed by atoms with E-state index in [4.69, 9.17) is 10.5 Å². The number of nitrogens with zero attached hydrogens (tertiary/aromatic N) is 3. The van der Waals surface area contributed by atoms with Crippen LogP contribution in [0.4, 0.5) is 5.82 Å². The topological polar surface area (TPSA) is 118 Å². The standard InChI is InChI=1S/C15H17N5O2/c1-15(2,3)11-5-8(9(6-16)13(17)19-11)10-7-18-20-12(10)14(21)22-4/h5,7H,1-4H3,(H2,17,19)(H,18,20). The second-order valence-corrected chi connectivity index (χ2v) is 5.83. The molecule has 0 unspecified atom stereocenters. The van der Waals surface area contributed by atoms with Crippen LogP contribution in [0.3, 0.4) is 0 Å². The Kier molecular flexibility index (Phi) is 3.87. The summed E-state index contributed by atoms with van der Waals surface area (Å²) in [5, 5.41) is 15.8. The van der Waals surface area contributed by atoms with E-state index in [0.29, 0.717) is 11.1 Å². The minimum absolute atomic E-state index is 0.127. The third kappa shape index (κ3) is 2.63. The van der Waals surface area contributed by atoms with Gasteiger partial charge in [0.15, 0.2) is 5.69 Å². The molecule has 7 nitrogen and oxygen atoms in total. The van der Waals surface area contributed by atoms with Crippen molar-refractivity contribution in [2.24, 2.45) is 0 Å². The number of hydrogen-bond donors (Lipinski definition) is 2. The number of nitrogens with two attached hydrogens (primary N) is 1. The number of aromatic nitrogens is 3. The SMILES string of the molecule is COC(=O)c1[nH]ncc1-c1cc(C(C)(C)C)nc(N)c1C#N. The van der Waals surface area contributed by atoms with Gasteiger partial charge in [0.25, 0.3) is 0 Å². The molecule has 0 aliphatic heterocycles. The molecular weight excluding hydrogens is 282 g/mol. The molecule has 22 heavy (non-hydrogen) atoms. The molecule has 0 aliphatic carbocycles. The summed E-state index contributed by atoms with van der Waals surface area (Å²) in [5.74, 6) is -0.439. The maximum Gasteiger partial charge on any atom is 0.356 e. The van der Waals surface area contributed by atoms with Crippen molar-refractivity contribution < 1.29 is 9.53 Å². The lowest BCUT2D eigenvalue weighted by Gasteiger charge is -2.20. The average Bonchev–Trinajstić information content (AvgIpc) is 2.93. The van der Waals surface area contributed by atoms with Crippen molar-refractivity contribution >= 4 is 11.8 Å². The molecular formula is C15H17N5O2. The molecule has 0 radical (unpaired) electrons. The van der Waals surface area contributed by atoms with Crippen LogP contribution in [-0.4, -0.2) is 28.3 Å². The second kappa shape index (κ2) is 5.48. The summed E-state index contributed by atoms with van der Waals surface area (Å²) in [6.07, 6.45) is 1.47. The zero-order valence-corrected chi connectivity index (χ0v) is 12.9. The van der Waals surface area contributed by atoms with Gasteiger partial charge in [-0.2, -0.15) is 10.4 Å². The van der Waals surface area contributed by atoms with Gasteiger partial charge in [0.1, 0.15) is 17.5 Å². The van der Waals surface area contributed by atoms with Gasteiger partial charge in [-0.3, -0.25) is 5.10 Å². The van der Waals surface area contributed by atoms with Crippen molar-refractivity contribution in [3.8, 4) is 17.2 Å². The van der Waals surface area contributed by atoms with Crippen LogP contribution in [0.25, 0.3) is 11.1 Å². The number of H-pyrrole nitrogens is 1. The number of carbonyl (C=O) groups is 1. The van der Waals surface area contributed by atoms with E-state index in [1.54, 1.807) is 6.07 Å². The van der Waals surface area contributed by atoms with Crippen LogP contribution in [0, 0.1) is 11.3 Å². The predicted molar refractivity (Wildman–Crippen MR) is 81.0 cm³/mol. The minimum atomic E-state index is -0.566. The molecule has 2 heterocycles. The lowest BCUT2D eigenvalue weighted by atomic mass is 9.88. The van der Waals surface area contributed by atoms with E-state index in [1.807, 2.05) is 26.8 Å². The third-order valence-electron chi connectivity index (χ3n) is 3.25. The molecule has 0 fully saturated rings. The number of hydrogen-bond acceptors (Lipinski definition) is 6. The lowest BCUT2D eigenvalue weighted by molar-refractivity contribution is 0.0595. The van der Waals surface area contributed by atoms with Crippen LogP contribution < -0.4 is 5.73 Å². The van der Waals surface area contributed by atoms with Gasteiger partial charge in [-0.05, 0) is 6.07 Å². The fourth-order valence-corrected chi connectivity index (χ4v) is 2.03. The summed E-state index contributed by atoms with van der Waals surface area (Å²) in [5.41, 5.74) is 7.72. The zero-order valence-electron chi connectivity index (χ0n) is 12.9. The quantitative estimate of drug-likeness (QED) is 0.819. The molecule has 3 N–H and O–H groups in total. The van der Waals surface area contributed by atoms with E-state index in [2.05, 4.69) is 15.2 Å². The zero-order chi connectivity index (χ0) is 16.5. The number of nitrogens with one attached hydrogen (secondary N) is 1. The minimum Gasteiger partial charge on any atom is -0.464 e. The number of carbonyl (C=O) groups excluding carboxylic acids is 1. The van der Waals surface area contributed by atoms with Gasteiger partial charge in [-0.25, -0.2) is 9.78 Å². The molecule has 0 bridgehead atoms. The first-order valence-electron chi connectivity index (χ1n) is 6.62. The van der Waals surface area contributed by atoms with Gasteiger partial charge in [-0.1, -0.05) is 20.8 Å². The van der Waals surface area contributed by atoms with Gasteiger partial charge >= 0.3 is 5.97 Å². The molecule has 0 aromatic carbocycles. The Hall–Kier alpha value is -2.88. The Morgan fingerprint density at radius 2 is 2.09 bits per heavy atom. The van der Waals surface area contributed by atoms with Gasteiger partial charge in [0, 0.05) is 22.2 Å². The highest BCUT2D eigenvalue weighted by Crippen LogP contribution is 2.33. The van der Waals surface area contributed by atoms with Crippen LogP contribution in [0.5, 0.6) is 0 Å². The van der Waals surface area contributed by atoms with Gasteiger partial charge in [-0.15, -0.1) is 0 Å². The maximum atomic E-state index is 11.8. The van der Waals surface area contributed by atoms with E-state index < -0.39 is 5.97 Å². The van der Waals surface area contributed by atoms with Crippen molar-refractivity contribution in [3.63, 3.8) is 0 Å². The third-order valence-corrected chi connectivity index (χ3v) is 3.25. The first-order chi connectivity index (χ1) is 10.3. The highest BCUT2D eigenvalue weighted by molar-refractivity contribution is 5.96. The van der Waals surface area contributed by atoms with Crippen molar-refractivity contribution in [2.45, 2.75) is 26.2 Å². The van der Waals surface area contributed by atoms with Crippen molar-refractivity contribution in [1.29, 1.82) is 5.26 Å². The Morgan fingerprint density at radius 3 is 2.64 bits per heavy atom. The Labute approximate surface area is 128 Å². The summed E-state index contributed by atoms with van der Waals surface area (Å²) in [6, 6.07) is 3.79. The van der Waals surface area contributed by atoms with Crippen LogP contribution in [0.2, 0.25) is 0 Å². The molecule has 0 atom stereocenters. The number of aromatic amines is 1. The first-order valence-corrected chi connectivity index (χ1v) is 6.62. The molecule has 0 spiro atoms. The largest absolute Gasteiger partial charge is 0.464 e. The summed E-state index contributed by atoms with van der Waals surface area (Å²) in [6.45, 7) is 5.96. The molecule has 0 aliphatic rings. The number of rotatable bonds is 2. The van der Waals surface area contributed by atoms with Gasteiger partial charge in [0.05, 0.1) is 13.3 Å². The summed E-state index contributed by atoms with van der Waals surface area (Å²) in [7, 11) is 1.28. The number of pyridine rings is 1. The van der Waals surface area contributed by atoms with E-state index in [1.165, 1.54) is 13.3 Å². The van der Waals surface area contributed by atoms with Crippen molar-refractivity contribution in [2.75, 3.05) is 12.8 Å². The van der Waals surface area contributed by atoms with Crippen LogP contribution in [0.1, 0.15) is 42.5 Å². The summed E-state index contributed by atoms with van der Waals surface area (Å²) in [4.78, 5) is 16.1. The van der Waals surface area contributed by atoms with Gasteiger partial charge in [0.2, 0.25) is 0 Å². The number of ether oxygens (including phenoxy) is 1. The number of nitrogen functional groups attached to an aromatic ring is 1. The molecule has 2 aromatic heterocycles. The van der Waals surface area contributed by atoms with Crippen LogP contribution in [0.15, 0.2) is 12.3 Å². The maximum absolute atomic E-state index is 11.8. The van der Waals surface area contributed by atoms with Crippen LogP contribution >= 0.6 is 0 Å². The Morgan fingerprint density at radius 1 is 1.41 bits per heavy atom. The molecule has 114 valence electrons. The fourth-order valence-electron chi connectivity index (χ4n) is 2.03. The molecule has 7 heteroatoms.